The molecule has 1 aromatic rings. The number of piperidine rings is 1. The number of hydrogen-bond acceptors (Lipinski definition) is 5. The molecule has 2 fully saturated rings. The zero-order valence-corrected chi connectivity index (χ0v) is 15.2. The number of nitrogens with zero attached hydrogens (tertiary/aromatic N) is 1. The van der Waals surface area contributed by atoms with Gasteiger partial charge in [0, 0.05) is 38.7 Å². The Bertz CT molecular complexity index is 622. The van der Waals surface area contributed by atoms with Crippen LogP contribution in [0.1, 0.15) is 37.7 Å². The summed E-state index contributed by atoms with van der Waals surface area (Å²) in [5.74, 6) is 1.87. The van der Waals surface area contributed by atoms with Gasteiger partial charge in [-0.05, 0) is 43.4 Å². The molecule has 0 radical (unpaired) electrons. The highest BCUT2D eigenvalue weighted by atomic mass is 16.5. The molecular weight excluding hydrogens is 332 g/mol. The number of nitrogens with one attached hydrogen (secondary N) is 1. The van der Waals surface area contributed by atoms with E-state index in [1.54, 1.807) is 0 Å². The molecule has 1 aromatic carbocycles. The second kappa shape index (κ2) is 8.27. The van der Waals surface area contributed by atoms with Crippen molar-refractivity contribution < 1.29 is 19.0 Å². The van der Waals surface area contributed by atoms with E-state index in [9.17, 15) is 4.79 Å². The first-order valence-electron chi connectivity index (χ1n) is 9.82. The lowest BCUT2D eigenvalue weighted by Gasteiger charge is -2.33. The lowest BCUT2D eigenvalue weighted by atomic mass is 10.0. The van der Waals surface area contributed by atoms with Crippen molar-refractivity contribution in [2.75, 3.05) is 32.9 Å². The molecule has 26 heavy (non-hydrogen) atoms. The van der Waals surface area contributed by atoms with Crippen molar-refractivity contribution in [1.29, 1.82) is 0 Å². The van der Waals surface area contributed by atoms with Crippen LogP contribution in [0.25, 0.3) is 0 Å². The lowest BCUT2D eigenvalue weighted by molar-refractivity contribution is -0.142. The molecule has 1 N–H and O–H groups in total. The zero-order valence-electron chi connectivity index (χ0n) is 15.2. The van der Waals surface area contributed by atoms with E-state index in [0.29, 0.717) is 19.3 Å². The van der Waals surface area contributed by atoms with E-state index in [1.807, 2.05) is 11.0 Å². The molecule has 0 unspecified atom stereocenters. The Kier molecular flexibility index (Phi) is 5.60. The molecule has 142 valence electrons. The van der Waals surface area contributed by atoms with Crippen molar-refractivity contribution in [3.05, 3.63) is 23.8 Å². The van der Waals surface area contributed by atoms with Gasteiger partial charge >= 0.3 is 0 Å². The van der Waals surface area contributed by atoms with E-state index in [1.165, 1.54) is 5.56 Å². The summed E-state index contributed by atoms with van der Waals surface area (Å²) in [5, 5.41) is 3.62. The van der Waals surface area contributed by atoms with Crippen molar-refractivity contribution in [3.63, 3.8) is 0 Å². The summed E-state index contributed by atoms with van der Waals surface area (Å²) in [6.45, 7) is 4.59. The lowest BCUT2D eigenvalue weighted by Crippen LogP contribution is -2.47. The van der Waals surface area contributed by atoms with Crippen LogP contribution in [0.4, 0.5) is 0 Å². The quantitative estimate of drug-likeness (QED) is 0.891. The van der Waals surface area contributed by atoms with Gasteiger partial charge in [0.2, 0.25) is 0 Å². The number of likely N-dealkylation sites (tertiary alicyclic amines) is 1. The van der Waals surface area contributed by atoms with Crippen molar-refractivity contribution in [2.45, 2.75) is 50.8 Å². The minimum absolute atomic E-state index is 0.184. The molecule has 3 heterocycles. The van der Waals surface area contributed by atoms with E-state index in [-0.39, 0.29) is 12.0 Å². The van der Waals surface area contributed by atoms with E-state index >= 15 is 0 Å². The molecule has 6 nitrogen and oxygen atoms in total. The average molecular weight is 360 g/mol. The summed E-state index contributed by atoms with van der Waals surface area (Å²) in [4.78, 5) is 14.4. The minimum Gasteiger partial charge on any atom is -0.490 e. The molecule has 3 aliphatic rings. The van der Waals surface area contributed by atoms with Crippen molar-refractivity contribution in [2.24, 2.45) is 0 Å². The van der Waals surface area contributed by atoms with E-state index < -0.39 is 0 Å². The van der Waals surface area contributed by atoms with Gasteiger partial charge < -0.3 is 24.4 Å². The molecule has 1 atom stereocenters. The highest BCUT2D eigenvalue weighted by molar-refractivity contribution is 5.81. The Morgan fingerprint density at radius 1 is 1.04 bits per heavy atom. The number of amides is 1. The van der Waals surface area contributed by atoms with Gasteiger partial charge in [0.05, 0.1) is 13.2 Å². The Balaban J connectivity index is 1.25. The topological polar surface area (TPSA) is 60.0 Å². The van der Waals surface area contributed by atoms with Crippen molar-refractivity contribution in [1.82, 2.24) is 10.2 Å². The van der Waals surface area contributed by atoms with Gasteiger partial charge in [-0.25, -0.2) is 0 Å². The highest BCUT2D eigenvalue weighted by Gasteiger charge is 2.30. The first-order chi connectivity index (χ1) is 12.8. The summed E-state index contributed by atoms with van der Waals surface area (Å²) in [6, 6.07) is 6.61. The highest BCUT2D eigenvalue weighted by Crippen LogP contribution is 2.30. The van der Waals surface area contributed by atoms with Crippen LogP contribution in [0, 0.1) is 0 Å². The smallest absolute Gasteiger partial charge is 0.251 e. The summed E-state index contributed by atoms with van der Waals surface area (Å²) in [6.07, 6.45) is 4.59. The first kappa shape index (κ1) is 17.6. The average Bonchev–Trinajstić information content (AvgIpc) is 3.12. The van der Waals surface area contributed by atoms with Crippen LogP contribution >= 0.6 is 0 Å². The fraction of sp³-hybridized carbons (Fsp3) is 0.650. The van der Waals surface area contributed by atoms with Gasteiger partial charge in [0.1, 0.15) is 6.10 Å². The molecule has 6 heteroatoms. The van der Waals surface area contributed by atoms with Gasteiger partial charge in [0.25, 0.3) is 5.91 Å². The molecule has 0 aliphatic carbocycles. The summed E-state index contributed by atoms with van der Waals surface area (Å²) in [5.41, 5.74) is 1.20. The van der Waals surface area contributed by atoms with Crippen LogP contribution in [0.2, 0.25) is 0 Å². The maximum atomic E-state index is 12.4. The van der Waals surface area contributed by atoms with Gasteiger partial charge in [-0.1, -0.05) is 6.07 Å². The Labute approximate surface area is 154 Å². The molecular formula is C20H28N2O4. The van der Waals surface area contributed by atoms with Gasteiger partial charge in [0.15, 0.2) is 11.5 Å². The maximum Gasteiger partial charge on any atom is 0.251 e. The number of carbonyl (C=O) groups is 1. The van der Waals surface area contributed by atoms with Crippen molar-refractivity contribution >= 4 is 5.91 Å². The van der Waals surface area contributed by atoms with Crippen LogP contribution in [0.15, 0.2) is 18.2 Å². The van der Waals surface area contributed by atoms with Gasteiger partial charge in [-0.3, -0.25) is 4.79 Å². The second-order valence-corrected chi connectivity index (χ2v) is 7.31. The zero-order chi connectivity index (χ0) is 17.8. The molecule has 1 amide bonds. The molecule has 0 bridgehead atoms. The third-order valence-electron chi connectivity index (χ3n) is 5.42. The largest absolute Gasteiger partial charge is 0.490 e. The Hall–Kier alpha value is -1.79. The van der Waals surface area contributed by atoms with Crippen LogP contribution in [0.3, 0.4) is 0 Å². The molecule has 0 spiro atoms. The molecule has 3 aliphatic heterocycles. The standard InChI is InChI=1S/C20H28N2O4/c23-20(18-3-1-10-25-18)22-8-6-16(7-9-22)21-14-15-4-5-17-19(13-15)26-12-2-11-24-17/h4-5,13,16,18,21H,1-3,6-12,14H2/t18-/m1/s1. The predicted molar refractivity (Wildman–Crippen MR) is 97.5 cm³/mol. The molecule has 0 aromatic heterocycles. The van der Waals surface area contributed by atoms with Gasteiger partial charge in [-0.15, -0.1) is 0 Å². The monoisotopic (exact) mass is 360 g/mol. The van der Waals surface area contributed by atoms with E-state index in [2.05, 4.69) is 17.4 Å². The Morgan fingerprint density at radius 2 is 1.85 bits per heavy atom. The summed E-state index contributed by atoms with van der Waals surface area (Å²) < 4.78 is 17.0. The van der Waals surface area contributed by atoms with Crippen molar-refractivity contribution in [3.8, 4) is 11.5 Å². The molecule has 2 saturated heterocycles. The number of carbonyl (C=O) groups excluding carboxylic acids is 1. The molecule has 0 saturated carbocycles. The fourth-order valence-corrected chi connectivity index (χ4v) is 3.86. The van der Waals surface area contributed by atoms with E-state index in [4.69, 9.17) is 14.2 Å². The first-order valence-corrected chi connectivity index (χ1v) is 9.82. The second-order valence-electron chi connectivity index (χ2n) is 7.31. The van der Waals surface area contributed by atoms with Crippen LogP contribution in [-0.2, 0) is 16.1 Å². The number of rotatable bonds is 4. The normalized spacial score (nSPS) is 23.7. The number of fused-ring (bicyclic) bond motifs is 1. The third kappa shape index (κ3) is 4.13. The minimum atomic E-state index is -0.193. The number of ether oxygens (including phenoxy) is 3. The van der Waals surface area contributed by atoms with Crippen LogP contribution in [0.5, 0.6) is 11.5 Å². The number of hydrogen-bond donors (Lipinski definition) is 1. The van der Waals surface area contributed by atoms with Crippen LogP contribution < -0.4 is 14.8 Å². The maximum absolute atomic E-state index is 12.4. The summed E-state index contributed by atoms with van der Waals surface area (Å²) >= 11 is 0. The molecule has 4 rings (SSSR count). The van der Waals surface area contributed by atoms with E-state index in [0.717, 1.165) is 69.8 Å². The summed E-state index contributed by atoms with van der Waals surface area (Å²) in [7, 11) is 0. The fourth-order valence-electron chi connectivity index (χ4n) is 3.86. The Morgan fingerprint density at radius 3 is 2.62 bits per heavy atom. The van der Waals surface area contributed by atoms with Crippen LogP contribution in [-0.4, -0.2) is 55.9 Å². The third-order valence-corrected chi connectivity index (χ3v) is 5.42. The SMILES string of the molecule is O=C([C@H]1CCCO1)N1CCC(NCc2ccc3c(c2)OCCCO3)CC1. The van der Waals surface area contributed by atoms with Gasteiger partial charge in [-0.2, -0.15) is 0 Å². The predicted octanol–water partition coefficient (Wildman–Crippen LogP) is 2.11. The number of benzene rings is 1.